The molecule has 1 aliphatic carbocycles. The molecule has 0 saturated heterocycles. The van der Waals surface area contributed by atoms with E-state index in [1.165, 1.54) is 25.7 Å². The molecule has 0 aromatic carbocycles. The molecule has 1 saturated carbocycles. The number of nitrogens with zero attached hydrogens (tertiary/aromatic N) is 1. The predicted molar refractivity (Wildman–Crippen MR) is 59.9 cm³/mol. The normalized spacial score (nSPS) is 17.4. The van der Waals surface area contributed by atoms with Crippen molar-refractivity contribution in [2.45, 2.75) is 32.6 Å². The van der Waals surface area contributed by atoms with E-state index in [9.17, 15) is 4.79 Å². The molecule has 0 amide bonds. The minimum absolute atomic E-state index is 0.152. The second-order valence-corrected chi connectivity index (χ2v) is 4.44. The molecule has 15 heavy (non-hydrogen) atoms. The van der Waals surface area contributed by atoms with Crippen LogP contribution in [0.2, 0.25) is 0 Å². The van der Waals surface area contributed by atoms with Crippen LogP contribution in [0.1, 0.15) is 32.6 Å². The van der Waals surface area contributed by atoms with Crippen LogP contribution in [0.3, 0.4) is 0 Å². The van der Waals surface area contributed by atoms with Crippen molar-refractivity contribution in [3.05, 3.63) is 22.6 Å². The number of hydrogen-bond acceptors (Lipinski definition) is 3. The first-order valence-corrected chi connectivity index (χ1v) is 5.53. The van der Waals surface area contributed by atoms with Crippen LogP contribution in [0.15, 0.2) is 17.1 Å². The van der Waals surface area contributed by atoms with Gasteiger partial charge in [-0.1, -0.05) is 13.3 Å². The van der Waals surface area contributed by atoms with Crippen molar-refractivity contribution in [2.24, 2.45) is 5.41 Å². The van der Waals surface area contributed by atoms with Gasteiger partial charge in [0.1, 0.15) is 0 Å². The van der Waals surface area contributed by atoms with E-state index in [1.54, 1.807) is 12.3 Å². The zero-order valence-electron chi connectivity index (χ0n) is 9.05. The highest BCUT2D eigenvalue weighted by Gasteiger charge is 2.40. The van der Waals surface area contributed by atoms with Crippen molar-refractivity contribution in [1.82, 2.24) is 10.2 Å². The summed E-state index contributed by atoms with van der Waals surface area (Å²) in [5, 5.41) is 9.41. The van der Waals surface area contributed by atoms with Gasteiger partial charge >= 0.3 is 0 Å². The Morgan fingerprint density at radius 2 is 2.40 bits per heavy atom. The number of nitrogens with one attached hydrogen (secondary N) is 2. The van der Waals surface area contributed by atoms with Gasteiger partial charge in [0, 0.05) is 12.6 Å². The molecule has 4 heteroatoms. The highest BCUT2D eigenvalue weighted by molar-refractivity contribution is 5.39. The molecule has 1 aromatic heterocycles. The zero-order valence-corrected chi connectivity index (χ0v) is 9.05. The summed E-state index contributed by atoms with van der Waals surface area (Å²) in [6.07, 6.45) is 6.78. The summed E-state index contributed by atoms with van der Waals surface area (Å²) in [5.41, 5.74) is 1.17. The summed E-state index contributed by atoms with van der Waals surface area (Å²) in [4.78, 5) is 11.0. The van der Waals surface area contributed by atoms with Crippen molar-refractivity contribution in [3.8, 4) is 0 Å². The Labute approximate surface area is 89.1 Å². The van der Waals surface area contributed by atoms with E-state index >= 15 is 0 Å². The van der Waals surface area contributed by atoms with E-state index in [1.807, 2.05) is 0 Å². The van der Waals surface area contributed by atoms with Crippen molar-refractivity contribution < 1.29 is 0 Å². The average molecular weight is 207 g/mol. The van der Waals surface area contributed by atoms with Gasteiger partial charge in [0.15, 0.2) is 0 Å². The van der Waals surface area contributed by atoms with Gasteiger partial charge < -0.3 is 5.32 Å². The van der Waals surface area contributed by atoms with Crippen molar-refractivity contribution in [1.29, 1.82) is 0 Å². The molecule has 4 nitrogen and oxygen atoms in total. The molecule has 0 radical (unpaired) electrons. The number of H-pyrrole nitrogens is 1. The summed E-state index contributed by atoms with van der Waals surface area (Å²) in [7, 11) is 0. The lowest BCUT2D eigenvalue weighted by Gasteiger charge is -2.15. The molecule has 1 fully saturated rings. The number of aromatic nitrogens is 2. The smallest absolute Gasteiger partial charge is 0.266 e. The maximum atomic E-state index is 11.0. The molecule has 0 aliphatic heterocycles. The molecule has 82 valence electrons. The number of aromatic amines is 1. The maximum absolute atomic E-state index is 11.0. The summed E-state index contributed by atoms with van der Waals surface area (Å²) in [6, 6.07) is 1.55. The Hall–Kier alpha value is -1.32. The van der Waals surface area contributed by atoms with E-state index in [0.29, 0.717) is 5.41 Å². The lowest BCUT2D eigenvalue weighted by Crippen LogP contribution is -2.17. The summed E-state index contributed by atoms with van der Waals surface area (Å²) in [5.74, 6) is 0. The topological polar surface area (TPSA) is 57.8 Å². The SMILES string of the molecule is CCCC1(CNc2cn[nH]c(=O)c2)CC1. The highest BCUT2D eigenvalue weighted by Crippen LogP contribution is 2.49. The van der Waals surface area contributed by atoms with Gasteiger partial charge in [-0.2, -0.15) is 5.10 Å². The lowest BCUT2D eigenvalue weighted by atomic mass is 10.0. The van der Waals surface area contributed by atoms with E-state index in [4.69, 9.17) is 0 Å². The fraction of sp³-hybridized carbons (Fsp3) is 0.636. The van der Waals surface area contributed by atoms with Gasteiger partial charge in [-0.05, 0) is 24.7 Å². The molecule has 2 rings (SSSR count). The first-order chi connectivity index (χ1) is 7.24. The largest absolute Gasteiger partial charge is 0.383 e. The van der Waals surface area contributed by atoms with Crippen molar-refractivity contribution in [3.63, 3.8) is 0 Å². The molecule has 1 aromatic rings. The Morgan fingerprint density at radius 1 is 1.60 bits per heavy atom. The van der Waals surface area contributed by atoms with Crippen LogP contribution >= 0.6 is 0 Å². The van der Waals surface area contributed by atoms with Gasteiger partial charge in [0.2, 0.25) is 0 Å². The second-order valence-electron chi connectivity index (χ2n) is 4.44. The van der Waals surface area contributed by atoms with Crippen LogP contribution in [0, 0.1) is 5.41 Å². The fourth-order valence-corrected chi connectivity index (χ4v) is 1.98. The third-order valence-electron chi connectivity index (χ3n) is 3.07. The highest BCUT2D eigenvalue weighted by atomic mass is 16.1. The summed E-state index contributed by atoms with van der Waals surface area (Å²) in [6.45, 7) is 3.18. The van der Waals surface area contributed by atoms with Crippen LogP contribution in [-0.4, -0.2) is 16.7 Å². The van der Waals surface area contributed by atoms with Gasteiger partial charge in [0.25, 0.3) is 5.56 Å². The van der Waals surface area contributed by atoms with Gasteiger partial charge in [0.05, 0.1) is 11.9 Å². The number of hydrogen-bond donors (Lipinski definition) is 2. The molecule has 1 heterocycles. The van der Waals surface area contributed by atoms with E-state index < -0.39 is 0 Å². The van der Waals surface area contributed by atoms with Gasteiger partial charge in [-0.15, -0.1) is 0 Å². The first kappa shape index (κ1) is 10.2. The molecule has 0 atom stereocenters. The van der Waals surface area contributed by atoms with Crippen LogP contribution in [0.25, 0.3) is 0 Å². The Kier molecular flexibility index (Phi) is 2.75. The average Bonchev–Trinajstić information content (AvgIpc) is 2.97. The molecule has 1 aliphatic rings. The molecule has 0 spiro atoms. The fourth-order valence-electron chi connectivity index (χ4n) is 1.98. The molecule has 2 N–H and O–H groups in total. The first-order valence-electron chi connectivity index (χ1n) is 5.53. The second kappa shape index (κ2) is 4.04. The standard InChI is InChI=1S/C11H17N3O/c1-2-3-11(4-5-11)8-12-9-6-10(15)14-13-7-9/h6-7H,2-5,8H2,1H3,(H2,12,14,15). The lowest BCUT2D eigenvalue weighted by molar-refractivity contribution is 0.485. The van der Waals surface area contributed by atoms with Crippen LogP contribution in [0.4, 0.5) is 5.69 Å². The molecular formula is C11H17N3O. The van der Waals surface area contributed by atoms with Crippen LogP contribution in [-0.2, 0) is 0 Å². The van der Waals surface area contributed by atoms with Crippen LogP contribution in [0.5, 0.6) is 0 Å². The maximum Gasteiger partial charge on any atom is 0.266 e. The van der Waals surface area contributed by atoms with E-state index in [0.717, 1.165) is 12.2 Å². The number of rotatable bonds is 5. The van der Waals surface area contributed by atoms with E-state index in [-0.39, 0.29) is 5.56 Å². The molecule has 0 unspecified atom stereocenters. The minimum Gasteiger partial charge on any atom is -0.383 e. The van der Waals surface area contributed by atoms with Gasteiger partial charge in [-0.3, -0.25) is 4.79 Å². The molecule has 0 bridgehead atoms. The predicted octanol–water partition coefficient (Wildman–Crippen LogP) is 1.76. The quantitative estimate of drug-likeness (QED) is 0.773. The third-order valence-corrected chi connectivity index (χ3v) is 3.07. The van der Waals surface area contributed by atoms with Crippen molar-refractivity contribution >= 4 is 5.69 Å². The minimum atomic E-state index is -0.152. The molecular weight excluding hydrogens is 190 g/mol. The Balaban J connectivity index is 1.91. The monoisotopic (exact) mass is 207 g/mol. The van der Waals surface area contributed by atoms with E-state index in [2.05, 4.69) is 22.4 Å². The third kappa shape index (κ3) is 2.58. The summed E-state index contributed by atoms with van der Waals surface area (Å²) < 4.78 is 0. The van der Waals surface area contributed by atoms with Gasteiger partial charge in [-0.25, -0.2) is 5.10 Å². The zero-order chi connectivity index (χ0) is 10.7. The van der Waals surface area contributed by atoms with Crippen LogP contribution < -0.4 is 10.9 Å². The Bertz CT molecular complexity index is 381. The summed E-state index contributed by atoms with van der Waals surface area (Å²) >= 11 is 0. The number of anilines is 1. The Morgan fingerprint density at radius 3 is 3.00 bits per heavy atom. The van der Waals surface area contributed by atoms with Crippen molar-refractivity contribution in [2.75, 3.05) is 11.9 Å².